The van der Waals surface area contributed by atoms with Crippen LogP contribution in [0.25, 0.3) is 6.08 Å². The van der Waals surface area contributed by atoms with Crippen LogP contribution in [0.3, 0.4) is 0 Å². The first-order valence-corrected chi connectivity index (χ1v) is 7.69. The Balaban J connectivity index is 2.14. The van der Waals surface area contributed by atoms with Gasteiger partial charge in [0.1, 0.15) is 0 Å². The van der Waals surface area contributed by atoms with Gasteiger partial charge in [0.2, 0.25) is 0 Å². The van der Waals surface area contributed by atoms with Crippen LogP contribution in [0.2, 0.25) is 0 Å². The first kappa shape index (κ1) is 17.7. The molecule has 0 radical (unpaired) electrons. The molecule has 0 heterocycles. The van der Waals surface area contributed by atoms with Gasteiger partial charge in [-0.3, -0.25) is 14.4 Å². The van der Waals surface area contributed by atoms with E-state index in [0.29, 0.717) is 5.57 Å². The van der Waals surface area contributed by atoms with E-state index in [9.17, 15) is 14.4 Å². The summed E-state index contributed by atoms with van der Waals surface area (Å²) in [6.45, 7) is 0. The maximum Gasteiger partial charge on any atom is 0.309 e. The molecule has 2 rings (SSSR count). The largest absolute Gasteiger partial charge is 0.469 e. The minimum atomic E-state index is -0.698. The zero-order valence-electron chi connectivity index (χ0n) is 13.7. The summed E-state index contributed by atoms with van der Waals surface area (Å²) in [6.07, 6.45) is 5.37. The van der Waals surface area contributed by atoms with E-state index in [0.717, 1.165) is 5.56 Å². The molecule has 126 valence electrons. The second-order valence-corrected chi connectivity index (χ2v) is 5.54. The predicted octanol–water partition coefficient (Wildman–Crippen LogP) is 2.57. The van der Waals surface area contributed by atoms with Gasteiger partial charge in [0.05, 0.1) is 26.1 Å². The van der Waals surface area contributed by atoms with Crippen molar-refractivity contribution >= 4 is 23.8 Å². The van der Waals surface area contributed by atoms with Crippen LogP contribution >= 0.6 is 0 Å². The molecular weight excluding hydrogens is 308 g/mol. The van der Waals surface area contributed by atoms with Gasteiger partial charge in [0.25, 0.3) is 0 Å². The fourth-order valence-corrected chi connectivity index (χ4v) is 2.75. The van der Waals surface area contributed by atoms with Gasteiger partial charge >= 0.3 is 11.9 Å². The Morgan fingerprint density at radius 1 is 1.00 bits per heavy atom. The lowest BCUT2D eigenvalue weighted by molar-refractivity contribution is -0.157. The van der Waals surface area contributed by atoms with E-state index in [2.05, 4.69) is 0 Å². The Morgan fingerprint density at radius 3 is 2.25 bits per heavy atom. The van der Waals surface area contributed by atoms with E-state index in [1.807, 2.05) is 30.3 Å². The Morgan fingerprint density at radius 2 is 1.62 bits per heavy atom. The van der Waals surface area contributed by atoms with Gasteiger partial charge in [-0.25, -0.2) is 0 Å². The minimum absolute atomic E-state index is 0.170. The molecule has 0 aromatic heterocycles. The Bertz CT molecular complexity index is 672. The number of esters is 2. The SMILES string of the molecule is COC(=O)[C@H]1CC=C(C(=O)/C=C/c2ccccc2)C[C@@H]1C(=O)OC. The van der Waals surface area contributed by atoms with Crippen molar-refractivity contribution in [1.29, 1.82) is 0 Å². The number of ether oxygens (including phenoxy) is 2. The smallest absolute Gasteiger partial charge is 0.309 e. The molecule has 1 aliphatic rings. The number of rotatable bonds is 5. The molecule has 1 aromatic rings. The van der Waals surface area contributed by atoms with Crippen LogP contribution in [-0.4, -0.2) is 31.9 Å². The second-order valence-electron chi connectivity index (χ2n) is 5.54. The standard InChI is InChI=1S/C19H20O5/c1-23-18(21)15-10-9-14(12-16(15)19(22)24-2)17(20)11-8-13-6-4-3-5-7-13/h3-9,11,15-16H,10,12H2,1-2H3/b11-8+/t15-,16-/m0/s1. The predicted molar refractivity (Wildman–Crippen MR) is 88.8 cm³/mol. The molecule has 24 heavy (non-hydrogen) atoms. The van der Waals surface area contributed by atoms with Crippen LogP contribution in [0.1, 0.15) is 18.4 Å². The van der Waals surface area contributed by atoms with Crippen LogP contribution in [-0.2, 0) is 23.9 Å². The summed E-state index contributed by atoms with van der Waals surface area (Å²) in [5.74, 6) is -2.45. The average Bonchev–Trinajstić information content (AvgIpc) is 2.65. The zero-order valence-corrected chi connectivity index (χ0v) is 13.7. The van der Waals surface area contributed by atoms with Crippen molar-refractivity contribution in [2.24, 2.45) is 11.8 Å². The van der Waals surface area contributed by atoms with Gasteiger partial charge in [0, 0.05) is 0 Å². The number of hydrogen-bond acceptors (Lipinski definition) is 5. The molecule has 2 atom stereocenters. The molecule has 0 fully saturated rings. The summed E-state index contributed by atoms with van der Waals surface area (Å²) in [7, 11) is 2.55. The molecule has 0 N–H and O–H groups in total. The topological polar surface area (TPSA) is 69.7 Å². The van der Waals surface area contributed by atoms with E-state index >= 15 is 0 Å². The van der Waals surface area contributed by atoms with Crippen molar-refractivity contribution in [3.8, 4) is 0 Å². The maximum absolute atomic E-state index is 12.4. The summed E-state index contributed by atoms with van der Waals surface area (Å²) in [5, 5.41) is 0. The van der Waals surface area contributed by atoms with Crippen LogP contribution in [0.5, 0.6) is 0 Å². The molecule has 0 aliphatic heterocycles. The summed E-state index contributed by atoms with van der Waals surface area (Å²) in [5.41, 5.74) is 1.43. The number of ketones is 1. The quantitative estimate of drug-likeness (QED) is 0.614. The van der Waals surface area contributed by atoms with E-state index in [-0.39, 0.29) is 18.6 Å². The highest BCUT2D eigenvalue weighted by molar-refractivity contribution is 6.07. The molecule has 5 nitrogen and oxygen atoms in total. The second kappa shape index (κ2) is 8.24. The van der Waals surface area contributed by atoms with Crippen molar-refractivity contribution < 1.29 is 23.9 Å². The summed E-state index contributed by atoms with van der Waals surface area (Å²) >= 11 is 0. The molecular formula is C19H20O5. The number of carbonyl (C=O) groups excluding carboxylic acids is 3. The lowest BCUT2D eigenvalue weighted by Crippen LogP contribution is -2.34. The molecule has 0 saturated carbocycles. The van der Waals surface area contributed by atoms with Crippen molar-refractivity contribution in [2.75, 3.05) is 14.2 Å². The van der Waals surface area contributed by atoms with Crippen LogP contribution in [0.15, 0.2) is 48.1 Å². The van der Waals surface area contributed by atoms with Crippen LogP contribution in [0, 0.1) is 11.8 Å². The van der Waals surface area contributed by atoms with Gasteiger partial charge in [-0.2, -0.15) is 0 Å². The lowest BCUT2D eigenvalue weighted by atomic mass is 9.78. The van der Waals surface area contributed by atoms with Gasteiger partial charge in [-0.1, -0.05) is 42.5 Å². The summed E-state index contributed by atoms with van der Waals surface area (Å²) in [4.78, 5) is 36.1. The highest BCUT2D eigenvalue weighted by Gasteiger charge is 2.38. The third-order valence-corrected chi connectivity index (χ3v) is 4.09. The van der Waals surface area contributed by atoms with Gasteiger partial charge in [0.15, 0.2) is 5.78 Å². The van der Waals surface area contributed by atoms with E-state index in [4.69, 9.17) is 9.47 Å². The zero-order chi connectivity index (χ0) is 17.5. The number of methoxy groups -OCH3 is 2. The number of carbonyl (C=O) groups is 3. The number of allylic oxidation sites excluding steroid dienone is 3. The summed E-state index contributed by atoms with van der Waals surface area (Å²) in [6, 6.07) is 9.46. The maximum atomic E-state index is 12.4. The average molecular weight is 328 g/mol. The molecule has 5 heteroatoms. The van der Waals surface area contributed by atoms with Crippen molar-refractivity contribution in [3.63, 3.8) is 0 Å². The molecule has 0 bridgehead atoms. The van der Waals surface area contributed by atoms with E-state index in [1.165, 1.54) is 20.3 Å². The first-order valence-electron chi connectivity index (χ1n) is 7.69. The normalized spacial score (nSPS) is 20.3. The molecule has 0 saturated heterocycles. The molecule has 1 aromatic carbocycles. The molecule has 0 unspecified atom stereocenters. The number of benzene rings is 1. The molecule has 0 spiro atoms. The van der Waals surface area contributed by atoms with Gasteiger partial charge in [-0.15, -0.1) is 0 Å². The van der Waals surface area contributed by atoms with Crippen molar-refractivity contribution in [1.82, 2.24) is 0 Å². The third kappa shape index (κ3) is 4.19. The fraction of sp³-hybridized carbons (Fsp3) is 0.316. The Hall–Kier alpha value is -2.69. The van der Waals surface area contributed by atoms with Crippen molar-refractivity contribution in [3.05, 3.63) is 53.6 Å². The highest BCUT2D eigenvalue weighted by Crippen LogP contribution is 2.32. The van der Waals surface area contributed by atoms with Gasteiger partial charge < -0.3 is 9.47 Å². The molecule has 1 aliphatic carbocycles. The third-order valence-electron chi connectivity index (χ3n) is 4.09. The van der Waals surface area contributed by atoms with Crippen LogP contribution in [0.4, 0.5) is 0 Å². The Labute approximate surface area is 141 Å². The Kier molecular flexibility index (Phi) is 6.07. The molecule has 0 amide bonds. The monoisotopic (exact) mass is 328 g/mol. The summed E-state index contributed by atoms with van der Waals surface area (Å²) < 4.78 is 9.51. The van der Waals surface area contributed by atoms with Gasteiger partial charge in [-0.05, 0) is 30.1 Å². The number of hydrogen-bond donors (Lipinski definition) is 0. The van der Waals surface area contributed by atoms with Crippen molar-refractivity contribution in [2.45, 2.75) is 12.8 Å². The lowest BCUT2D eigenvalue weighted by Gasteiger charge is -2.26. The minimum Gasteiger partial charge on any atom is -0.469 e. The fourth-order valence-electron chi connectivity index (χ4n) is 2.75. The van der Waals surface area contributed by atoms with E-state index in [1.54, 1.807) is 12.2 Å². The highest BCUT2D eigenvalue weighted by atomic mass is 16.5. The van der Waals surface area contributed by atoms with Crippen LogP contribution < -0.4 is 0 Å². The van der Waals surface area contributed by atoms with E-state index < -0.39 is 23.8 Å². The first-order chi connectivity index (χ1) is 11.6.